The van der Waals surface area contributed by atoms with Gasteiger partial charge >= 0.3 is 5.91 Å². The molecule has 0 atom stereocenters. The number of hydrazine groups is 1. The van der Waals surface area contributed by atoms with Gasteiger partial charge in [0.15, 0.2) is 0 Å². The van der Waals surface area contributed by atoms with Gasteiger partial charge in [-0.1, -0.05) is 30.3 Å². The number of carbonyl (C=O) groups is 2. The van der Waals surface area contributed by atoms with Crippen molar-refractivity contribution in [3.05, 3.63) is 35.9 Å². The highest BCUT2D eigenvalue weighted by Crippen LogP contribution is 2.15. The van der Waals surface area contributed by atoms with Crippen LogP contribution in [-0.2, 0) is 16.1 Å². The third kappa shape index (κ3) is 2.71. The SMILES string of the molecule is CC(=O)C(=O)N1CCCN1Cc1ccccc1. The Morgan fingerprint density at radius 1 is 1.18 bits per heavy atom. The topological polar surface area (TPSA) is 40.6 Å². The smallest absolute Gasteiger partial charge is 0.289 e. The largest absolute Gasteiger partial charge is 0.303 e. The molecule has 1 amide bonds. The Labute approximate surface area is 101 Å². The Kier molecular flexibility index (Phi) is 3.54. The van der Waals surface area contributed by atoms with Crippen LogP contribution in [-0.4, -0.2) is 34.8 Å². The predicted molar refractivity (Wildman–Crippen MR) is 63.9 cm³/mol. The summed E-state index contributed by atoms with van der Waals surface area (Å²) in [6.07, 6.45) is 0.922. The molecule has 1 aromatic carbocycles. The number of ketones is 1. The minimum absolute atomic E-state index is 0.398. The lowest BCUT2D eigenvalue weighted by atomic mass is 10.2. The molecule has 4 heteroatoms. The minimum Gasteiger partial charge on any atom is -0.289 e. The number of benzene rings is 1. The van der Waals surface area contributed by atoms with E-state index in [0.29, 0.717) is 13.1 Å². The second-order valence-electron chi connectivity index (χ2n) is 4.21. The summed E-state index contributed by atoms with van der Waals surface area (Å²) in [5.41, 5.74) is 1.15. The minimum atomic E-state index is -0.404. The maximum absolute atomic E-state index is 11.7. The highest BCUT2D eigenvalue weighted by Gasteiger charge is 2.28. The zero-order chi connectivity index (χ0) is 12.3. The summed E-state index contributed by atoms with van der Waals surface area (Å²) in [5.74, 6) is -0.802. The van der Waals surface area contributed by atoms with Crippen molar-refractivity contribution in [1.29, 1.82) is 0 Å². The number of carbonyl (C=O) groups excluding carboxylic acids is 2. The van der Waals surface area contributed by atoms with Gasteiger partial charge in [-0.3, -0.25) is 14.6 Å². The molecule has 0 spiro atoms. The van der Waals surface area contributed by atoms with Gasteiger partial charge in [-0.25, -0.2) is 5.01 Å². The normalized spacial score (nSPS) is 16.2. The van der Waals surface area contributed by atoms with Gasteiger partial charge in [0.1, 0.15) is 0 Å². The van der Waals surface area contributed by atoms with Gasteiger partial charge in [-0.15, -0.1) is 0 Å². The van der Waals surface area contributed by atoms with E-state index in [-0.39, 0.29) is 0 Å². The molecule has 1 heterocycles. The number of hydrogen-bond donors (Lipinski definition) is 0. The molecule has 1 aliphatic rings. The van der Waals surface area contributed by atoms with Crippen LogP contribution in [0.25, 0.3) is 0 Å². The van der Waals surface area contributed by atoms with Crippen molar-refractivity contribution >= 4 is 11.7 Å². The van der Waals surface area contributed by atoms with Crippen molar-refractivity contribution in [2.75, 3.05) is 13.1 Å². The first kappa shape index (κ1) is 11.8. The van der Waals surface area contributed by atoms with E-state index < -0.39 is 11.7 Å². The number of Topliss-reactive ketones (excluding diaryl/α,β-unsaturated/α-hetero) is 1. The molecule has 0 bridgehead atoms. The van der Waals surface area contributed by atoms with Gasteiger partial charge in [0.25, 0.3) is 0 Å². The van der Waals surface area contributed by atoms with Crippen molar-refractivity contribution in [2.24, 2.45) is 0 Å². The molecule has 0 aromatic heterocycles. The summed E-state index contributed by atoms with van der Waals surface area (Å²) in [6, 6.07) is 9.96. The Morgan fingerprint density at radius 3 is 2.53 bits per heavy atom. The molecule has 0 N–H and O–H groups in total. The van der Waals surface area contributed by atoms with Crippen molar-refractivity contribution in [2.45, 2.75) is 19.9 Å². The van der Waals surface area contributed by atoms with E-state index in [2.05, 4.69) is 0 Å². The maximum Gasteiger partial charge on any atom is 0.303 e. The second-order valence-corrected chi connectivity index (χ2v) is 4.21. The summed E-state index contributed by atoms with van der Waals surface area (Å²) in [5, 5.41) is 3.51. The molecular weight excluding hydrogens is 216 g/mol. The molecule has 2 rings (SSSR count). The molecular formula is C13H16N2O2. The third-order valence-corrected chi connectivity index (χ3v) is 2.87. The first-order valence-electron chi connectivity index (χ1n) is 5.79. The number of nitrogens with zero attached hydrogens (tertiary/aromatic N) is 2. The fraction of sp³-hybridized carbons (Fsp3) is 0.385. The molecule has 0 unspecified atom stereocenters. The van der Waals surface area contributed by atoms with Gasteiger partial charge < -0.3 is 0 Å². The van der Waals surface area contributed by atoms with E-state index in [1.165, 1.54) is 6.92 Å². The van der Waals surface area contributed by atoms with Gasteiger partial charge in [-0.2, -0.15) is 0 Å². The Hall–Kier alpha value is -1.68. The maximum atomic E-state index is 11.7. The van der Waals surface area contributed by atoms with Crippen LogP contribution in [0.15, 0.2) is 30.3 Å². The average molecular weight is 232 g/mol. The summed E-state index contributed by atoms with van der Waals surface area (Å²) in [6.45, 7) is 3.47. The predicted octanol–water partition coefficient (Wildman–Crippen LogP) is 1.22. The molecule has 90 valence electrons. The van der Waals surface area contributed by atoms with Crippen LogP contribution in [0.1, 0.15) is 18.9 Å². The fourth-order valence-electron chi connectivity index (χ4n) is 2.04. The van der Waals surface area contributed by atoms with Crippen molar-refractivity contribution in [3.63, 3.8) is 0 Å². The molecule has 17 heavy (non-hydrogen) atoms. The van der Waals surface area contributed by atoms with Crippen LogP contribution in [0, 0.1) is 0 Å². The monoisotopic (exact) mass is 232 g/mol. The van der Waals surface area contributed by atoms with Crippen molar-refractivity contribution in [3.8, 4) is 0 Å². The van der Waals surface area contributed by atoms with Gasteiger partial charge in [0, 0.05) is 26.6 Å². The molecule has 1 saturated heterocycles. The molecule has 0 radical (unpaired) electrons. The summed E-state index contributed by atoms with van der Waals surface area (Å²) < 4.78 is 0. The molecule has 1 aliphatic heterocycles. The molecule has 0 aliphatic carbocycles. The molecule has 4 nitrogen and oxygen atoms in total. The molecule has 1 fully saturated rings. The summed E-state index contributed by atoms with van der Waals surface area (Å²) in [4.78, 5) is 22.8. The summed E-state index contributed by atoms with van der Waals surface area (Å²) in [7, 11) is 0. The van der Waals surface area contributed by atoms with Crippen molar-refractivity contribution in [1.82, 2.24) is 10.0 Å². The van der Waals surface area contributed by atoms with E-state index in [4.69, 9.17) is 0 Å². The van der Waals surface area contributed by atoms with E-state index in [9.17, 15) is 9.59 Å². The zero-order valence-electron chi connectivity index (χ0n) is 9.93. The Morgan fingerprint density at radius 2 is 1.88 bits per heavy atom. The van der Waals surface area contributed by atoms with E-state index in [1.807, 2.05) is 35.3 Å². The van der Waals surface area contributed by atoms with Crippen LogP contribution in [0.5, 0.6) is 0 Å². The van der Waals surface area contributed by atoms with Crippen LogP contribution >= 0.6 is 0 Å². The highest BCUT2D eigenvalue weighted by atomic mass is 16.2. The second kappa shape index (κ2) is 5.10. The first-order valence-corrected chi connectivity index (χ1v) is 5.79. The van der Waals surface area contributed by atoms with E-state index >= 15 is 0 Å². The number of rotatable bonds is 3. The van der Waals surface area contributed by atoms with E-state index in [0.717, 1.165) is 18.5 Å². The van der Waals surface area contributed by atoms with Crippen LogP contribution in [0.3, 0.4) is 0 Å². The number of amides is 1. The number of hydrogen-bond acceptors (Lipinski definition) is 3. The lowest BCUT2D eigenvalue weighted by Gasteiger charge is -2.26. The quantitative estimate of drug-likeness (QED) is 0.736. The average Bonchev–Trinajstić information content (AvgIpc) is 2.77. The van der Waals surface area contributed by atoms with Crippen molar-refractivity contribution < 1.29 is 9.59 Å². The standard InChI is InChI=1S/C13H16N2O2/c1-11(16)13(17)15-9-5-8-14(15)10-12-6-3-2-4-7-12/h2-4,6-7H,5,8-10H2,1H3. The lowest BCUT2D eigenvalue weighted by Crippen LogP contribution is -2.43. The third-order valence-electron chi connectivity index (χ3n) is 2.87. The van der Waals surface area contributed by atoms with Crippen LogP contribution in [0.4, 0.5) is 0 Å². The van der Waals surface area contributed by atoms with Crippen LogP contribution in [0.2, 0.25) is 0 Å². The Bertz CT molecular complexity index is 417. The van der Waals surface area contributed by atoms with Crippen LogP contribution < -0.4 is 0 Å². The van der Waals surface area contributed by atoms with Gasteiger partial charge in [0.05, 0.1) is 0 Å². The van der Waals surface area contributed by atoms with E-state index in [1.54, 1.807) is 5.01 Å². The first-order chi connectivity index (χ1) is 8.18. The summed E-state index contributed by atoms with van der Waals surface area (Å²) >= 11 is 0. The fourth-order valence-corrected chi connectivity index (χ4v) is 2.04. The molecule has 0 saturated carbocycles. The highest BCUT2D eigenvalue weighted by molar-refractivity contribution is 6.34. The van der Waals surface area contributed by atoms with Gasteiger partial charge in [0.2, 0.25) is 5.78 Å². The molecule has 1 aromatic rings. The lowest BCUT2D eigenvalue weighted by molar-refractivity contribution is -0.153. The van der Waals surface area contributed by atoms with Gasteiger partial charge in [-0.05, 0) is 12.0 Å². The zero-order valence-corrected chi connectivity index (χ0v) is 9.93. The Balaban J connectivity index is 2.05.